The number of hydrogen-bond acceptors (Lipinski definition) is 2. The Bertz CT molecular complexity index is 761. The molecule has 0 aliphatic heterocycles. The van der Waals surface area contributed by atoms with Gasteiger partial charge in [0.25, 0.3) is 0 Å². The third kappa shape index (κ3) is 20.6. The number of halogens is 5. The summed E-state index contributed by atoms with van der Waals surface area (Å²) in [7, 11) is -6.00. The molecule has 1 aromatic carbocycles. The van der Waals surface area contributed by atoms with E-state index in [0.29, 0.717) is 17.2 Å². The second-order valence-corrected chi connectivity index (χ2v) is 11.8. The number of carbonyl (C=O) groups excluding carboxylic acids is 1. The van der Waals surface area contributed by atoms with Gasteiger partial charge in [0, 0.05) is 23.4 Å². The van der Waals surface area contributed by atoms with Crippen LogP contribution in [0.15, 0.2) is 18.2 Å². The number of unbranched alkanes of at least 4 members (excludes halogenated alkanes) is 14. The third-order valence-electron chi connectivity index (χ3n) is 6.88. The van der Waals surface area contributed by atoms with Crippen molar-refractivity contribution in [2.24, 2.45) is 0 Å². The summed E-state index contributed by atoms with van der Waals surface area (Å²) < 4.78 is 44.1. The summed E-state index contributed by atoms with van der Waals surface area (Å²) in [4.78, 5) is 12.6. The Morgan fingerprint density at radius 3 is 1.62 bits per heavy atom. The van der Waals surface area contributed by atoms with Crippen molar-refractivity contribution in [3.8, 4) is 0 Å². The average molecular weight is 599 g/mol. The molecule has 0 aliphatic carbocycles. The number of benzene rings is 1. The Hall–Kier alpha value is -0.885. The van der Waals surface area contributed by atoms with Crippen molar-refractivity contribution in [1.29, 1.82) is 0 Å². The molecule has 228 valence electrons. The van der Waals surface area contributed by atoms with Crippen LogP contribution in [0.2, 0.25) is 5.02 Å². The van der Waals surface area contributed by atoms with Gasteiger partial charge >= 0.3 is 13.2 Å². The van der Waals surface area contributed by atoms with Crippen LogP contribution in [0.5, 0.6) is 0 Å². The van der Waals surface area contributed by atoms with E-state index in [1.165, 1.54) is 89.9 Å². The van der Waals surface area contributed by atoms with Crippen molar-refractivity contribution >= 4 is 37.5 Å². The van der Waals surface area contributed by atoms with Crippen LogP contribution in [0, 0.1) is 0 Å². The summed E-state index contributed by atoms with van der Waals surface area (Å²) in [5.74, 6) is -0.260. The fourth-order valence-electron chi connectivity index (χ4n) is 4.92. The fraction of sp³-hybridized carbons (Fsp3) is 0.767. The number of ether oxygens (including phenoxy) is 1. The van der Waals surface area contributed by atoms with Gasteiger partial charge in [0.05, 0.1) is 12.2 Å². The Kier molecular flexibility index (Phi) is 22.2. The Morgan fingerprint density at radius 1 is 0.769 bits per heavy atom. The lowest BCUT2D eigenvalue weighted by Crippen LogP contribution is -2.26. The van der Waals surface area contributed by atoms with E-state index in [0.717, 1.165) is 31.2 Å². The maximum absolute atomic E-state index is 12.6. The molecule has 1 rings (SSSR count). The molecule has 0 saturated heterocycles. The SMILES string of the molecule is CCCCCCCCCCCCCCCCCC([SH2+])(CCC)c1cc(Cl)ccc1C(=O)OCC.F[B-](F)(F)F. The molecule has 1 unspecified atom stereocenters. The molecule has 0 saturated carbocycles. The summed E-state index contributed by atoms with van der Waals surface area (Å²) in [5.41, 5.74) is 1.61. The molecule has 0 heterocycles. The molecule has 0 bridgehead atoms. The van der Waals surface area contributed by atoms with E-state index in [1.807, 2.05) is 19.1 Å². The van der Waals surface area contributed by atoms with E-state index in [-0.39, 0.29) is 10.7 Å². The Labute approximate surface area is 245 Å². The zero-order valence-electron chi connectivity index (χ0n) is 24.5. The fourth-order valence-corrected chi connectivity index (χ4v) is 5.72. The molecular formula is C30H52BClF4O2S. The van der Waals surface area contributed by atoms with E-state index in [4.69, 9.17) is 16.3 Å². The summed E-state index contributed by atoms with van der Waals surface area (Å²) in [6.07, 6.45) is 23.5. The van der Waals surface area contributed by atoms with Gasteiger partial charge in [-0.15, -0.1) is 0 Å². The maximum Gasteiger partial charge on any atom is 0.673 e. The van der Waals surface area contributed by atoms with Gasteiger partial charge in [-0.25, -0.2) is 4.79 Å². The molecule has 1 aromatic rings. The van der Waals surface area contributed by atoms with Crippen molar-refractivity contribution in [2.75, 3.05) is 6.61 Å². The van der Waals surface area contributed by atoms with E-state index in [1.54, 1.807) is 6.07 Å². The largest absolute Gasteiger partial charge is 0.673 e. The molecule has 39 heavy (non-hydrogen) atoms. The maximum atomic E-state index is 12.6. The number of hydrogen-bond donors (Lipinski definition) is 0. The first kappa shape index (κ1) is 38.1. The number of rotatable bonds is 21. The van der Waals surface area contributed by atoms with Crippen LogP contribution in [0.3, 0.4) is 0 Å². The Morgan fingerprint density at radius 2 is 1.21 bits per heavy atom. The van der Waals surface area contributed by atoms with E-state index in [2.05, 4.69) is 26.5 Å². The minimum atomic E-state index is -6.00. The lowest BCUT2D eigenvalue weighted by atomic mass is 9.85. The van der Waals surface area contributed by atoms with Crippen molar-refractivity contribution < 1.29 is 26.8 Å². The normalized spacial score (nSPS) is 12.9. The zero-order valence-corrected chi connectivity index (χ0v) is 26.2. The highest BCUT2D eigenvalue weighted by molar-refractivity contribution is 7.60. The van der Waals surface area contributed by atoms with Crippen molar-refractivity contribution in [3.05, 3.63) is 34.3 Å². The number of carbonyl (C=O) groups is 1. The van der Waals surface area contributed by atoms with Gasteiger partial charge in [0.1, 0.15) is 4.75 Å². The summed E-state index contributed by atoms with van der Waals surface area (Å²) in [6.45, 7) is 6.69. The van der Waals surface area contributed by atoms with E-state index < -0.39 is 7.25 Å². The van der Waals surface area contributed by atoms with Gasteiger partial charge in [0.15, 0.2) is 0 Å². The second-order valence-electron chi connectivity index (χ2n) is 10.4. The van der Waals surface area contributed by atoms with Crippen LogP contribution >= 0.6 is 11.6 Å². The molecule has 0 radical (unpaired) electrons. The minimum Gasteiger partial charge on any atom is -0.462 e. The first-order valence-electron chi connectivity index (χ1n) is 15.1. The quantitative estimate of drug-likeness (QED) is 0.0462. The monoisotopic (exact) mass is 598 g/mol. The lowest BCUT2D eigenvalue weighted by molar-refractivity contribution is 0.0524. The summed E-state index contributed by atoms with van der Waals surface area (Å²) in [5, 5.41) is 0.665. The zero-order chi connectivity index (χ0) is 29.6. The molecule has 0 amide bonds. The second kappa shape index (κ2) is 22.8. The number of esters is 1. The molecule has 0 spiro atoms. The van der Waals surface area contributed by atoms with Crippen LogP contribution in [-0.2, 0) is 22.1 Å². The molecule has 2 nitrogen and oxygen atoms in total. The molecule has 0 fully saturated rings. The lowest BCUT2D eigenvalue weighted by Gasteiger charge is -2.25. The highest BCUT2D eigenvalue weighted by Crippen LogP contribution is 2.37. The third-order valence-corrected chi connectivity index (χ3v) is 7.88. The first-order chi connectivity index (χ1) is 18.5. The van der Waals surface area contributed by atoms with Crippen LogP contribution in [0.1, 0.15) is 152 Å². The van der Waals surface area contributed by atoms with Gasteiger partial charge < -0.3 is 22.0 Å². The van der Waals surface area contributed by atoms with Crippen LogP contribution in [0.4, 0.5) is 17.3 Å². The smallest absolute Gasteiger partial charge is 0.462 e. The standard InChI is InChI=1S/C30H51ClO2S.BF4/c1-4-7-8-9-10-11-12-13-14-15-16-17-18-19-20-24-30(34,23-5-2)28-25-26(31)21-22-27(28)29(32)33-6-3;2-1(3,4)5/h21-22,25,34H,4-20,23-24H2,1-3H3;/q;-1/p+1. The average Bonchev–Trinajstić information content (AvgIpc) is 2.85. The highest BCUT2D eigenvalue weighted by atomic mass is 35.5. The van der Waals surface area contributed by atoms with Crippen LogP contribution < -0.4 is 0 Å². The molecule has 0 aromatic heterocycles. The van der Waals surface area contributed by atoms with Gasteiger partial charge in [-0.1, -0.05) is 122 Å². The van der Waals surface area contributed by atoms with Crippen molar-refractivity contribution in [1.82, 2.24) is 0 Å². The molecule has 0 N–H and O–H groups in total. The minimum absolute atomic E-state index is 0.238. The van der Waals surface area contributed by atoms with Gasteiger partial charge in [-0.2, -0.15) is 0 Å². The van der Waals surface area contributed by atoms with Gasteiger partial charge in [0.2, 0.25) is 0 Å². The summed E-state index contributed by atoms with van der Waals surface area (Å²) in [6, 6.07) is 5.54. The predicted molar refractivity (Wildman–Crippen MR) is 164 cm³/mol. The van der Waals surface area contributed by atoms with Crippen LogP contribution in [0.25, 0.3) is 0 Å². The van der Waals surface area contributed by atoms with E-state index in [9.17, 15) is 22.1 Å². The van der Waals surface area contributed by atoms with Crippen LogP contribution in [-0.4, -0.2) is 19.8 Å². The topological polar surface area (TPSA) is 26.3 Å². The molecule has 9 heteroatoms. The molecule has 0 aliphatic rings. The highest BCUT2D eigenvalue weighted by Gasteiger charge is 2.37. The predicted octanol–water partition coefficient (Wildman–Crippen LogP) is 11.1. The Balaban J connectivity index is 0.00000263. The van der Waals surface area contributed by atoms with E-state index >= 15 is 0 Å². The summed E-state index contributed by atoms with van der Waals surface area (Å²) >= 11 is 10.4. The molecular weight excluding hydrogens is 547 g/mol. The first-order valence-corrected chi connectivity index (χ1v) is 16.0. The van der Waals surface area contributed by atoms with Crippen molar-refractivity contribution in [3.63, 3.8) is 0 Å². The van der Waals surface area contributed by atoms with Gasteiger partial charge in [-0.3, -0.25) is 0 Å². The van der Waals surface area contributed by atoms with Gasteiger partial charge in [-0.05, 0) is 44.2 Å². The molecule has 1 atom stereocenters. The van der Waals surface area contributed by atoms with Crippen molar-refractivity contribution in [2.45, 2.75) is 141 Å².